The van der Waals surface area contributed by atoms with Crippen molar-refractivity contribution in [3.05, 3.63) is 71.7 Å². The molecule has 0 spiro atoms. The second-order valence-electron chi connectivity index (χ2n) is 7.59. The lowest BCUT2D eigenvalue weighted by Crippen LogP contribution is -2.39. The third-order valence-corrected chi connectivity index (χ3v) is 5.88. The summed E-state index contributed by atoms with van der Waals surface area (Å²) in [7, 11) is 0. The van der Waals surface area contributed by atoms with Crippen LogP contribution in [0.2, 0.25) is 0 Å². The summed E-state index contributed by atoms with van der Waals surface area (Å²) < 4.78 is 16.5. The van der Waals surface area contributed by atoms with Crippen molar-refractivity contribution in [3.8, 4) is 5.75 Å². The fraction of sp³-hybridized carbons (Fsp3) is 0.250. The average Bonchev–Trinajstić information content (AvgIpc) is 3.28. The summed E-state index contributed by atoms with van der Waals surface area (Å²) in [5, 5.41) is 13.5. The zero-order valence-electron chi connectivity index (χ0n) is 17.4. The highest BCUT2D eigenvalue weighted by molar-refractivity contribution is 6.16. The van der Waals surface area contributed by atoms with Crippen LogP contribution in [0, 0.1) is 0 Å². The van der Waals surface area contributed by atoms with Crippen LogP contribution in [-0.4, -0.2) is 54.0 Å². The van der Waals surface area contributed by atoms with Gasteiger partial charge < -0.3 is 19.0 Å². The maximum atomic E-state index is 12.8. The van der Waals surface area contributed by atoms with Gasteiger partial charge in [-0.3, -0.25) is 15.6 Å². The molecule has 1 aliphatic heterocycles. The Morgan fingerprint density at radius 3 is 2.59 bits per heavy atom. The number of esters is 1. The molecule has 0 aliphatic carbocycles. The minimum Gasteiger partial charge on any atom is -0.507 e. The summed E-state index contributed by atoms with van der Waals surface area (Å²) in [6.45, 7) is 2.24. The lowest BCUT2D eigenvalue weighted by Gasteiger charge is -2.36. The van der Waals surface area contributed by atoms with E-state index in [0.29, 0.717) is 53.6 Å². The van der Waals surface area contributed by atoms with Crippen molar-refractivity contribution in [2.24, 2.45) is 5.73 Å². The van der Waals surface area contributed by atoms with E-state index >= 15 is 0 Å². The number of nitrogens with two attached hydrogens (primary N) is 1. The van der Waals surface area contributed by atoms with Gasteiger partial charge in [0.15, 0.2) is 0 Å². The first kappa shape index (κ1) is 20.4. The molecule has 2 aromatic heterocycles. The molecule has 0 saturated carbocycles. The number of rotatable bonds is 5. The summed E-state index contributed by atoms with van der Waals surface area (Å²) in [4.78, 5) is 19.1. The molecule has 2 aromatic carbocycles. The van der Waals surface area contributed by atoms with Gasteiger partial charge in [0.05, 0.1) is 19.3 Å². The van der Waals surface area contributed by atoms with Gasteiger partial charge in [-0.2, -0.15) is 0 Å². The van der Waals surface area contributed by atoms with Crippen molar-refractivity contribution in [2.75, 3.05) is 33.0 Å². The lowest BCUT2D eigenvalue weighted by atomic mass is 9.89. The van der Waals surface area contributed by atoms with E-state index in [2.05, 4.69) is 9.88 Å². The van der Waals surface area contributed by atoms with Crippen LogP contribution in [0.25, 0.3) is 21.7 Å². The highest BCUT2D eigenvalue weighted by atomic mass is 16.5. The number of aromatic nitrogens is 1. The number of ether oxygens (including phenoxy) is 2. The topological polar surface area (TPSA) is 111 Å². The lowest BCUT2D eigenvalue weighted by molar-refractivity contribution is 0.0238. The minimum atomic E-state index is -0.599. The Hall–Kier alpha value is -3.46. The second kappa shape index (κ2) is 8.58. The fourth-order valence-corrected chi connectivity index (χ4v) is 4.49. The Morgan fingerprint density at radius 1 is 1.16 bits per heavy atom. The molecule has 8 heteroatoms. The second-order valence-corrected chi connectivity index (χ2v) is 7.59. The van der Waals surface area contributed by atoms with E-state index in [1.54, 1.807) is 12.4 Å². The summed E-state index contributed by atoms with van der Waals surface area (Å²) in [6, 6.07) is 10.9. The van der Waals surface area contributed by atoms with Crippen molar-refractivity contribution in [2.45, 2.75) is 6.04 Å². The molecule has 1 unspecified atom stereocenters. The minimum absolute atomic E-state index is 0.101. The van der Waals surface area contributed by atoms with E-state index in [4.69, 9.17) is 19.6 Å². The van der Waals surface area contributed by atoms with Gasteiger partial charge in [0, 0.05) is 47.2 Å². The van der Waals surface area contributed by atoms with Gasteiger partial charge in [-0.25, -0.2) is 4.79 Å². The molecular formula is C24H23N3O5. The molecular weight excluding hydrogens is 410 g/mol. The Bertz CT molecular complexity index is 1270. The number of aromatic hydroxyl groups is 1. The SMILES string of the molecule is NCOC(=O)c1coc2c1c(C(c1ccncc1)N1CCOCC1)c(O)c1ccccc12. The molecule has 1 fully saturated rings. The van der Waals surface area contributed by atoms with E-state index in [1.807, 2.05) is 36.4 Å². The highest BCUT2D eigenvalue weighted by Gasteiger charge is 2.33. The third kappa shape index (κ3) is 3.38. The van der Waals surface area contributed by atoms with Crippen molar-refractivity contribution in [1.82, 2.24) is 9.88 Å². The van der Waals surface area contributed by atoms with Crippen molar-refractivity contribution >= 4 is 27.7 Å². The number of morpholine rings is 1. The van der Waals surface area contributed by atoms with Crippen LogP contribution >= 0.6 is 0 Å². The molecule has 4 aromatic rings. The summed E-state index contributed by atoms with van der Waals surface area (Å²) in [6.07, 6.45) is 4.81. The molecule has 8 nitrogen and oxygen atoms in total. The van der Waals surface area contributed by atoms with Crippen LogP contribution in [0.15, 0.2) is 59.5 Å². The Kier molecular flexibility index (Phi) is 5.48. The zero-order valence-corrected chi connectivity index (χ0v) is 17.4. The molecule has 1 saturated heterocycles. The van der Waals surface area contributed by atoms with Crippen LogP contribution in [0.5, 0.6) is 5.75 Å². The van der Waals surface area contributed by atoms with Gasteiger partial charge in [-0.1, -0.05) is 24.3 Å². The third-order valence-electron chi connectivity index (χ3n) is 5.88. The van der Waals surface area contributed by atoms with Crippen molar-refractivity contribution in [1.29, 1.82) is 0 Å². The first-order chi connectivity index (χ1) is 15.7. The maximum absolute atomic E-state index is 12.8. The van der Waals surface area contributed by atoms with E-state index in [-0.39, 0.29) is 24.1 Å². The molecule has 5 rings (SSSR count). The number of benzene rings is 2. The normalized spacial score (nSPS) is 15.8. The molecule has 0 radical (unpaired) electrons. The van der Waals surface area contributed by atoms with Crippen LogP contribution in [0.1, 0.15) is 27.5 Å². The predicted molar refractivity (Wildman–Crippen MR) is 118 cm³/mol. The quantitative estimate of drug-likeness (QED) is 0.365. The Morgan fingerprint density at radius 2 is 1.88 bits per heavy atom. The van der Waals surface area contributed by atoms with Crippen LogP contribution < -0.4 is 5.73 Å². The fourth-order valence-electron chi connectivity index (χ4n) is 4.49. The van der Waals surface area contributed by atoms with Crippen molar-refractivity contribution in [3.63, 3.8) is 0 Å². The van der Waals surface area contributed by atoms with Crippen LogP contribution in [-0.2, 0) is 9.47 Å². The van der Waals surface area contributed by atoms with E-state index in [1.165, 1.54) is 6.26 Å². The average molecular weight is 433 g/mol. The first-order valence-corrected chi connectivity index (χ1v) is 10.4. The number of hydrogen-bond acceptors (Lipinski definition) is 8. The Balaban J connectivity index is 1.86. The number of phenols is 1. The van der Waals surface area contributed by atoms with Gasteiger partial charge >= 0.3 is 5.97 Å². The van der Waals surface area contributed by atoms with Crippen molar-refractivity contribution < 1.29 is 23.8 Å². The van der Waals surface area contributed by atoms with Gasteiger partial charge in [-0.05, 0) is 17.7 Å². The monoisotopic (exact) mass is 433 g/mol. The number of carbonyl (C=O) groups excluding carboxylic acids is 1. The number of fused-ring (bicyclic) bond motifs is 3. The number of pyridine rings is 1. The standard InChI is InChI=1S/C24H23N3O5/c25-14-32-24(29)18-13-31-23-17-4-2-1-3-16(17)22(28)20(19(18)23)21(15-5-7-26-8-6-15)27-9-11-30-12-10-27/h1-8,13,21,28H,9-12,14,25H2. The number of nitrogens with zero attached hydrogens (tertiary/aromatic N) is 2. The summed E-state index contributed by atoms with van der Waals surface area (Å²) >= 11 is 0. The van der Waals surface area contributed by atoms with Gasteiger partial charge in [0.2, 0.25) is 0 Å². The molecule has 32 heavy (non-hydrogen) atoms. The summed E-state index contributed by atoms with van der Waals surface area (Å²) in [5.41, 5.74) is 7.73. The number of carbonyl (C=O) groups is 1. The maximum Gasteiger partial charge on any atom is 0.343 e. The first-order valence-electron chi connectivity index (χ1n) is 10.4. The largest absolute Gasteiger partial charge is 0.507 e. The molecule has 1 aliphatic rings. The molecule has 3 N–H and O–H groups in total. The van der Waals surface area contributed by atoms with Crippen LogP contribution in [0.4, 0.5) is 0 Å². The number of furan rings is 1. The van der Waals surface area contributed by atoms with Gasteiger partial charge in [0.25, 0.3) is 0 Å². The van der Waals surface area contributed by atoms with Crippen LogP contribution in [0.3, 0.4) is 0 Å². The van der Waals surface area contributed by atoms with E-state index in [9.17, 15) is 9.90 Å². The van der Waals surface area contributed by atoms with E-state index in [0.717, 1.165) is 5.56 Å². The van der Waals surface area contributed by atoms with Gasteiger partial charge in [0.1, 0.15) is 29.9 Å². The predicted octanol–water partition coefficient (Wildman–Crippen LogP) is 3.18. The molecule has 164 valence electrons. The Labute approximate surface area is 184 Å². The molecule has 0 bridgehead atoms. The molecule has 3 heterocycles. The molecule has 0 amide bonds. The summed E-state index contributed by atoms with van der Waals surface area (Å²) in [5.74, 6) is -0.498. The zero-order chi connectivity index (χ0) is 22.1. The molecule has 1 atom stereocenters. The van der Waals surface area contributed by atoms with E-state index < -0.39 is 5.97 Å². The smallest absolute Gasteiger partial charge is 0.343 e. The number of phenolic OH excluding ortho intramolecular Hbond substituents is 1. The highest BCUT2D eigenvalue weighted by Crippen LogP contribution is 2.46. The van der Waals surface area contributed by atoms with Gasteiger partial charge in [-0.15, -0.1) is 0 Å². The number of hydrogen-bond donors (Lipinski definition) is 2.